The molecule has 0 aliphatic carbocycles. The number of nitrogens with zero attached hydrogens (tertiary/aromatic N) is 1. The Hall–Kier alpha value is -0.874. The molecule has 1 amide bonds. The van der Waals surface area contributed by atoms with Crippen LogP contribution in [-0.4, -0.2) is 35.7 Å². The Morgan fingerprint density at radius 3 is 2.11 bits per heavy atom. The smallest absolute Gasteiger partial charge is 0.548 e. The fraction of sp³-hybridized carbons (Fsp3) is 0.263. The number of hydrogen-bond acceptors (Lipinski definition) is 6. The number of amides is 1. The molecule has 2 aromatic carbocycles. The van der Waals surface area contributed by atoms with Gasteiger partial charge in [0.25, 0.3) is 0 Å². The molecule has 8 heteroatoms. The van der Waals surface area contributed by atoms with Crippen LogP contribution in [0.25, 0.3) is 0 Å². The second-order valence-electron chi connectivity index (χ2n) is 6.15. The Bertz CT molecular complexity index is 785. The molecule has 2 aromatic rings. The van der Waals surface area contributed by atoms with Crippen LogP contribution in [-0.2, 0) is 9.59 Å². The molecular weight excluding hydrogens is 391 g/mol. The van der Waals surface area contributed by atoms with Gasteiger partial charge >= 0.3 is 51.4 Å². The third kappa shape index (κ3) is 5.57. The number of carbonyl (C=O) groups excluding carboxylic acids is 2. The van der Waals surface area contributed by atoms with Gasteiger partial charge in [-0.25, -0.2) is 0 Å². The summed E-state index contributed by atoms with van der Waals surface area (Å²) in [4.78, 5) is 27.6. The summed E-state index contributed by atoms with van der Waals surface area (Å²) in [5, 5.41) is 23.1. The molecule has 27 heavy (non-hydrogen) atoms. The number of nitrogens with one attached hydrogen (secondary N) is 1. The molecule has 0 spiro atoms. The van der Waals surface area contributed by atoms with Crippen molar-refractivity contribution in [1.82, 2.24) is 5.32 Å². The average Bonchev–Trinajstić information content (AvgIpc) is 2.60. The first-order chi connectivity index (χ1) is 12.5. The predicted octanol–water partition coefficient (Wildman–Crippen LogP) is -1.70. The zero-order chi connectivity index (χ0) is 18.7. The summed E-state index contributed by atoms with van der Waals surface area (Å²) in [5.41, 5.74) is 1.79. The first-order valence-electron chi connectivity index (χ1n) is 8.27. The van der Waals surface area contributed by atoms with Crippen molar-refractivity contribution in [3.63, 3.8) is 0 Å². The summed E-state index contributed by atoms with van der Waals surface area (Å²) in [6, 6.07) is 14.3. The third-order valence-corrected chi connectivity index (χ3v) is 5.16. The van der Waals surface area contributed by atoms with Crippen molar-refractivity contribution < 1.29 is 71.2 Å². The maximum Gasteiger partial charge on any atom is 1.00 e. The quantitative estimate of drug-likeness (QED) is 0.552. The van der Waals surface area contributed by atoms with Gasteiger partial charge in [-0.15, -0.1) is 0 Å². The average molecular weight is 411 g/mol. The molecular formula is C19H19KN2O4S. The molecule has 6 nitrogen and oxygen atoms in total. The van der Waals surface area contributed by atoms with Crippen LogP contribution < -0.4 is 66.7 Å². The molecule has 0 aromatic heterocycles. The fourth-order valence-corrected chi connectivity index (χ4v) is 3.99. The van der Waals surface area contributed by atoms with Crippen LogP contribution in [0.15, 0.2) is 58.3 Å². The van der Waals surface area contributed by atoms with Crippen molar-refractivity contribution in [3.8, 4) is 0 Å². The number of rotatable bonds is 6. The van der Waals surface area contributed by atoms with Crippen molar-refractivity contribution in [2.75, 3.05) is 11.4 Å². The molecule has 0 saturated carbocycles. The van der Waals surface area contributed by atoms with Crippen LogP contribution >= 0.6 is 11.8 Å². The molecule has 1 heterocycles. The number of aliphatic hydroxyl groups excluding tert-OH is 1. The number of aliphatic carboxylic acids is 1. The van der Waals surface area contributed by atoms with Crippen LogP contribution in [0, 0.1) is 0 Å². The van der Waals surface area contributed by atoms with Crippen LogP contribution in [0.3, 0.4) is 0 Å². The fourth-order valence-electron chi connectivity index (χ4n) is 2.89. The monoisotopic (exact) mass is 410 g/mol. The largest absolute Gasteiger partial charge is 1.00 e. The minimum absolute atomic E-state index is 0. The van der Waals surface area contributed by atoms with Gasteiger partial charge < -0.3 is 25.2 Å². The first-order valence-corrected chi connectivity index (χ1v) is 9.09. The maximum absolute atomic E-state index is 12.5. The van der Waals surface area contributed by atoms with Crippen molar-refractivity contribution >= 4 is 35.0 Å². The van der Waals surface area contributed by atoms with Gasteiger partial charge in [-0.1, -0.05) is 36.0 Å². The third-order valence-electron chi connectivity index (χ3n) is 4.03. The van der Waals surface area contributed by atoms with Crippen molar-refractivity contribution in [1.29, 1.82) is 0 Å². The van der Waals surface area contributed by atoms with Gasteiger partial charge in [0.2, 0.25) is 5.91 Å². The molecule has 0 radical (unpaired) electrons. The summed E-state index contributed by atoms with van der Waals surface area (Å²) >= 11 is 1.63. The predicted molar refractivity (Wildman–Crippen MR) is 97.2 cm³/mol. The number of carbonyl (C=O) groups is 2. The maximum atomic E-state index is 12.5. The number of fused-ring (bicyclic) bond motifs is 2. The minimum Gasteiger partial charge on any atom is -0.548 e. The van der Waals surface area contributed by atoms with Gasteiger partial charge in [-0.05, 0) is 37.6 Å². The summed E-state index contributed by atoms with van der Waals surface area (Å²) in [7, 11) is 0. The van der Waals surface area contributed by atoms with Crippen LogP contribution in [0.2, 0.25) is 0 Å². The van der Waals surface area contributed by atoms with E-state index in [1.165, 1.54) is 6.92 Å². The molecule has 3 rings (SSSR count). The molecule has 0 fully saturated rings. The normalized spacial score (nSPS) is 14.2. The Balaban J connectivity index is 0.00000261. The second kappa shape index (κ2) is 10.1. The molecule has 2 unspecified atom stereocenters. The van der Waals surface area contributed by atoms with Crippen LogP contribution in [0.5, 0.6) is 0 Å². The Labute approximate surface area is 204 Å². The summed E-state index contributed by atoms with van der Waals surface area (Å²) in [6.07, 6.45) is -0.956. The van der Waals surface area contributed by atoms with Gasteiger partial charge in [0.05, 0.1) is 29.5 Å². The molecule has 136 valence electrons. The molecule has 2 N–H and O–H groups in total. The Morgan fingerprint density at radius 1 is 1.11 bits per heavy atom. The number of carboxylic acid groups (broad SMARTS) is 1. The Kier molecular flexibility index (Phi) is 8.35. The van der Waals surface area contributed by atoms with E-state index < -0.39 is 24.0 Å². The Morgan fingerprint density at radius 2 is 1.63 bits per heavy atom. The minimum atomic E-state index is -1.41. The van der Waals surface area contributed by atoms with Crippen molar-refractivity contribution in [2.24, 2.45) is 0 Å². The van der Waals surface area contributed by atoms with E-state index >= 15 is 0 Å². The van der Waals surface area contributed by atoms with Gasteiger partial charge in [-0.3, -0.25) is 4.79 Å². The van der Waals surface area contributed by atoms with E-state index in [1.54, 1.807) is 11.8 Å². The standard InChI is InChI=1S/C19H20N2O4S.K/c1-12(22)10-13(19(24)25)20-18(23)11-21-14-6-2-4-8-16(14)26-17-9-5-3-7-15(17)21;/h2-9,12-13,22H,10-11H2,1H3,(H,20,23)(H,24,25);/q;+1/p-1. The number of anilines is 2. The second-order valence-corrected chi connectivity index (χ2v) is 7.23. The summed E-state index contributed by atoms with van der Waals surface area (Å²) in [5.74, 6) is -1.86. The SMILES string of the molecule is CC(O)CC(NC(=O)CN1c2ccccc2Sc2ccccc21)C(=O)[O-].[K+]. The molecule has 2 atom stereocenters. The van der Waals surface area contributed by atoms with E-state index in [1.807, 2.05) is 53.4 Å². The topological polar surface area (TPSA) is 92.7 Å². The number of aliphatic hydroxyl groups is 1. The van der Waals surface area contributed by atoms with Crippen LogP contribution in [0.4, 0.5) is 11.4 Å². The van der Waals surface area contributed by atoms with E-state index in [9.17, 15) is 19.8 Å². The number of hydrogen-bond donors (Lipinski definition) is 2. The van der Waals surface area contributed by atoms with Crippen molar-refractivity contribution in [3.05, 3.63) is 48.5 Å². The van der Waals surface area contributed by atoms with E-state index in [0.29, 0.717) is 0 Å². The van der Waals surface area contributed by atoms with Gasteiger partial charge in [0, 0.05) is 9.79 Å². The van der Waals surface area contributed by atoms with Gasteiger partial charge in [0.1, 0.15) is 6.54 Å². The first kappa shape index (κ1) is 22.4. The summed E-state index contributed by atoms with van der Waals surface area (Å²) < 4.78 is 0. The zero-order valence-electron chi connectivity index (χ0n) is 15.2. The van der Waals surface area contributed by atoms with E-state index in [0.717, 1.165) is 21.2 Å². The van der Waals surface area contributed by atoms with Crippen molar-refractivity contribution in [2.45, 2.75) is 35.3 Å². The number of benzene rings is 2. The molecule has 0 saturated heterocycles. The zero-order valence-corrected chi connectivity index (χ0v) is 19.2. The molecule has 1 aliphatic heterocycles. The number of para-hydroxylation sites is 2. The van der Waals surface area contributed by atoms with E-state index in [-0.39, 0.29) is 64.4 Å². The van der Waals surface area contributed by atoms with Gasteiger partial charge in [-0.2, -0.15) is 0 Å². The summed E-state index contributed by atoms with van der Waals surface area (Å²) in [6.45, 7) is 1.44. The van der Waals surface area contributed by atoms with E-state index in [4.69, 9.17) is 0 Å². The van der Waals surface area contributed by atoms with E-state index in [2.05, 4.69) is 5.32 Å². The molecule has 0 bridgehead atoms. The molecule has 1 aliphatic rings. The van der Waals surface area contributed by atoms with Gasteiger partial charge in [0.15, 0.2) is 0 Å². The van der Waals surface area contributed by atoms with Crippen LogP contribution in [0.1, 0.15) is 13.3 Å². The number of carboxylic acids is 1.